The summed E-state index contributed by atoms with van der Waals surface area (Å²) in [7, 11) is 2.99. The number of Topliss-reactive ketones (excluding diaryl/α,β-unsaturated/α-hetero) is 2. The zero-order chi connectivity index (χ0) is 29.9. The van der Waals surface area contributed by atoms with Gasteiger partial charge in [0.05, 0.1) is 26.2 Å². The van der Waals surface area contributed by atoms with Crippen LogP contribution in [0.25, 0.3) is 6.08 Å². The van der Waals surface area contributed by atoms with Crippen LogP contribution < -0.4 is 14.8 Å². The second kappa shape index (κ2) is 9.94. The maximum Gasteiger partial charge on any atom is 0.238 e. The van der Waals surface area contributed by atoms with E-state index in [2.05, 4.69) is 5.32 Å². The Hall–Kier alpha value is -5.24. The first-order valence-electron chi connectivity index (χ1n) is 13.9. The Bertz CT molecular complexity index is 1830. The van der Waals surface area contributed by atoms with Crippen molar-refractivity contribution in [2.24, 2.45) is 5.92 Å². The van der Waals surface area contributed by atoms with Gasteiger partial charge in [0.1, 0.15) is 17.3 Å². The van der Waals surface area contributed by atoms with Crippen LogP contribution in [0, 0.1) is 11.7 Å². The molecule has 1 amide bonds. The normalized spacial score (nSPS) is 22.9. The quantitative estimate of drug-likeness (QED) is 0.292. The Kier molecular flexibility index (Phi) is 6.16. The number of carbonyl (C=O) groups excluding carboxylic acids is 3. The number of halogens is 1. The number of methoxy groups -OCH3 is 2. The van der Waals surface area contributed by atoms with E-state index < -0.39 is 35.0 Å². The highest BCUT2D eigenvalue weighted by Gasteiger charge is 2.70. The number of benzene rings is 4. The molecule has 7 nitrogen and oxygen atoms in total. The van der Waals surface area contributed by atoms with Crippen molar-refractivity contribution in [3.05, 3.63) is 131 Å². The molecule has 4 atom stereocenters. The number of hydrogen-bond acceptors (Lipinski definition) is 6. The lowest BCUT2D eigenvalue weighted by Gasteiger charge is -2.38. The molecular weight excluding hydrogens is 547 g/mol. The van der Waals surface area contributed by atoms with Gasteiger partial charge in [-0.15, -0.1) is 0 Å². The standard InChI is InChI=1S/C35H27FN2O5/c1-42-27-16-13-22(19-28(27)43-2)32(40)30-29(31(39)21-11-14-23(36)15-12-21)35(25-9-5-6-10-26(25)37-34(35)41)33-24-8-4-3-7-20(24)17-18-38(30)33/h3-19,29-30,33H,1-2H3,(H,37,41)/t29-,30-,33+,35-/m0/s1. The number of nitrogens with zero attached hydrogens (tertiary/aromatic N) is 1. The maximum atomic E-state index is 14.7. The Labute approximate surface area is 247 Å². The molecule has 4 aromatic carbocycles. The molecule has 0 aliphatic carbocycles. The van der Waals surface area contributed by atoms with Crippen LogP contribution in [0.2, 0.25) is 0 Å². The first-order chi connectivity index (χ1) is 20.9. The fourth-order valence-corrected chi connectivity index (χ4v) is 7.12. The molecule has 1 fully saturated rings. The number of para-hydroxylation sites is 1. The number of ketones is 2. The van der Waals surface area contributed by atoms with Gasteiger partial charge in [-0.3, -0.25) is 14.4 Å². The van der Waals surface area contributed by atoms with Crippen LogP contribution in [0.5, 0.6) is 11.5 Å². The molecule has 1 N–H and O–H groups in total. The molecule has 1 saturated heterocycles. The molecular formula is C35H27FN2O5. The highest BCUT2D eigenvalue weighted by atomic mass is 19.1. The van der Waals surface area contributed by atoms with E-state index in [4.69, 9.17) is 9.47 Å². The Morgan fingerprint density at radius 1 is 0.837 bits per heavy atom. The van der Waals surface area contributed by atoms with Crippen molar-refractivity contribution < 1.29 is 28.2 Å². The molecule has 8 heteroatoms. The summed E-state index contributed by atoms with van der Waals surface area (Å²) in [5, 5.41) is 3.02. The molecule has 214 valence electrons. The topological polar surface area (TPSA) is 84.9 Å². The third-order valence-electron chi connectivity index (χ3n) is 8.92. The van der Waals surface area contributed by atoms with Crippen molar-refractivity contribution in [3.63, 3.8) is 0 Å². The molecule has 0 unspecified atom stereocenters. The van der Waals surface area contributed by atoms with Crippen molar-refractivity contribution in [2.75, 3.05) is 19.5 Å². The highest BCUT2D eigenvalue weighted by molar-refractivity contribution is 6.16. The smallest absolute Gasteiger partial charge is 0.238 e. The lowest BCUT2D eigenvalue weighted by molar-refractivity contribution is -0.122. The van der Waals surface area contributed by atoms with Gasteiger partial charge in [-0.1, -0.05) is 42.5 Å². The van der Waals surface area contributed by atoms with Gasteiger partial charge in [-0.05, 0) is 71.3 Å². The monoisotopic (exact) mass is 574 g/mol. The number of carbonyl (C=O) groups is 3. The van der Waals surface area contributed by atoms with E-state index in [0.717, 1.165) is 11.1 Å². The zero-order valence-electron chi connectivity index (χ0n) is 23.4. The molecule has 0 radical (unpaired) electrons. The van der Waals surface area contributed by atoms with Gasteiger partial charge < -0.3 is 19.7 Å². The van der Waals surface area contributed by atoms with E-state index in [0.29, 0.717) is 28.3 Å². The largest absolute Gasteiger partial charge is 0.493 e. The molecule has 7 rings (SSSR count). The SMILES string of the molecule is COc1ccc(C(=O)[C@@H]2[C@@H](C(=O)c3ccc(F)cc3)[C@]3(C(=O)Nc4ccccc43)[C@H]3c4ccccc4C=CN23)cc1OC. The number of nitrogens with one attached hydrogen (secondary N) is 1. The van der Waals surface area contributed by atoms with E-state index in [1.165, 1.54) is 38.5 Å². The van der Waals surface area contributed by atoms with Crippen molar-refractivity contribution in [3.8, 4) is 11.5 Å². The molecule has 3 aliphatic rings. The summed E-state index contributed by atoms with van der Waals surface area (Å²) in [6.07, 6.45) is 3.71. The summed E-state index contributed by atoms with van der Waals surface area (Å²) in [5.41, 5.74) is 2.00. The van der Waals surface area contributed by atoms with Gasteiger partial charge >= 0.3 is 0 Å². The van der Waals surface area contributed by atoms with Crippen molar-refractivity contribution >= 4 is 29.2 Å². The van der Waals surface area contributed by atoms with Crippen LogP contribution in [0.4, 0.5) is 10.1 Å². The Morgan fingerprint density at radius 3 is 2.30 bits per heavy atom. The number of rotatable bonds is 6. The lowest BCUT2D eigenvalue weighted by Crippen LogP contribution is -2.49. The highest BCUT2D eigenvalue weighted by Crippen LogP contribution is 2.62. The second-order valence-electron chi connectivity index (χ2n) is 10.9. The average Bonchev–Trinajstić information content (AvgIpc) is 3.52. The third kappa shape index (κ3) is 3.75. The summed E-state index contributed by atoms with van der Waals surface area (Å²) >= 11 is 0. The Morgan fingerprint density at radius 2 is 1.53 bits per heavy atom. The number of anilines is 1. The number of amides is 1. The predicted octanol–water partition coefficient (Wildman–Crippen LogP) is 5.82. The molecule has 1 spiro atoms. The van der Waals surface area contributed by atoms with E-state index in [1.54, 1.807) is 24.3 Å². The van der Waals surface area contributed by atoms with Crippen LogP contribution in [-0.4, -0.2) is 42.6 Å². The summed E-state index contributed by atoms with van der Waals surface area (Å²) in [6.45, 7) is 0. The van der Waals surface area contributed by atoms with Crippen LogP contribution in [-0.2, 0) is 10.2 Å². The van der Waals surface area contributed by atoms with E-state index in [1.807, 2.05) is 59.6 Å². The predicted molar refractivity (Wildman–Crippen MR) is 159 cm³/mol. The summed E-state index contributed by atoms with van der Waals surface area (Å²) in [6, 6.07) is 23.3. The Balaban J connectivity index is 1.51. The first kappa shape index (κ1) is 26.6. The zero-order valence-corrected chi connectivity index (χ0v) is 23.4. The molecule has 43 heavy (non-hydrogen) atoms. The van der Waals surface area contributed by atoms with E-state index in [9.17, 15) is 18.8 Å². The third-order valence-corrected chi connectivity index (χ3v) is 8.92. The first-order valence-corrected chi connectivity index (χ1v) is 13.9. The van der Waals surface area contributed by atoms with E-state index >= 15 is 0 Å². The fourth-order valence-electron chi connectivity index (χ4n) is 7.12. The summed E-state index contributed by atoms with van der Waals surface area (Å²) in [4.78, 5) is 45.8. The number of hydrogen-bond donors (Lipinski definition) is 1. The minimum Gasteiger partial charge on any atom is -0.493 e. The van der Waals surface area contributed by atoms with Crippen LogP contribution in [0.1, 0.15) is 43.4 Å². The van der Waals surface area contributed by atoms with E-state index in [-0.39, 0.29) is 17.3 Å². The molecule has 3 heterocycles. The van der Waals surface area contributed by atoms with Crippen molar-refractivity contribution in [1.82, 2.24) is 4.90 Å². The van der Waals surface area contributed by atoms with Gasteiger partial charge in [0.25, 0.3) is 0 Å². The second-order valence-corrected chi connectivity index (χ2v) is 10.9. The minimum absolute atomic E-state index is 0.213. The number of fused-ring (bicyclic) bond motifs is 6. The minimum atomic E-state index is -1.47. The molecule has 0 aromatic heterocycles. The average molecular weight is 575 g/mol. The summed E-state index contributed by atoms with van der Waals surface area (Å²) < 4.78 is 24.8. The van der Waals surface area contributed by atoms with Gasteiger partial charge in [-0.25, -0.2) is 4.39 Å². The van der Waals surface area contributed by atoms with Crippen molar-refractivity contribution in [2.45, 2.75) is 17.5 Å². The van der Waals surface area contributed by atoms with Gasteiger partial charge in [0.15, 0.2) is 23.1 Å². The van der Waals surface area contributed by atoms with Crippen LogP contribution in [0.3, 0.4) is 0 Å². The van der Waals surface area contributed by atoms with Gasteiger partial charge in [0.2, 0.25) is 5.91 Å². The fraction of sp³-hybridized carbons (Fsp3) is 0.171. The van der Waals surface area contributed by atoms with Crippen LogP contribution >= 0.6 is 0 Å². The van der Waals surface area contributed by atoms with Gasteiger partial charge in [-0.2, -0.15) is 0 Å². The maximum absolute atomic E-state index is 14.7. The van der Waals surface area contributed by atoms with Crippen LogP contribution in [0.15, 0.2) is 97.2 Å². The molecule has 4 aromatic rings. The van der Waals surface area contributed by atoms with Crippen molar-refractivity contribution in [1.29, 1.82) is 0 Å². The molecule has 0 bridgehead atoms. The van der Waals surface area contributed by atoms with Gasteiger partial charge in [0, 0.05) is 23.0 Å². The molecule has 0 saturated carbocycles. The molecule has 3 aliphatic heterocycles. The number of ether oxygens (including phenoxy) is 2. The summed E-state index contributed by atoms with van der Waals surface area (Å²) in [5.74, 6) is -1.98. The lowest BCUT2D eigenvalue weighted by atomic mass is 9.62.